The quantitative estimate of drug-likeness (QED) is 0.476. The minimum atomic E-state index is -0.936. The van der Waals surface area contributed by atoms with Crippen LogP contribution in [0.15, 0.2) is 16.9 Å². The molecule has 0 aromatic carbocycles. The molecular formula is C19H31BrN4O4. The molecule has 9 heteroatoms. The van der Waals surface area contributed by atoms with Crippen molar-refractivity contribution >= 4 is 21.9 Å². The molecule has 0 aliphatic carbocycles. The van der Waals surface area contributed by atoms with Crippen molar-refractivity contribution in [1.82, 2.24) is 19.6 Å². The van der Waals surface area contributed by atoms with Crippen LogP contribution in [0.25, 0.3) is 0 Å². The first-order chi connectivity index (χ1) is 13.5. The molecule has 0 aliphatic rings. The van der Waals surface area contributed by atoms with Crippen molar-refractivity contribution < 1.29 is 20.1 Å². The van der Waals surface area contributed by atoms with E-state index in [0.29, 0.717) is 25.1 Å². The summed E-state index contributed by atoms with van der Waals surface area (Å²) in [6, 6.07) is 0. The number of hydrogen-bond donors (Lipinski definition) is 3. The Balaban J connectivity index is 0.000000283. The van der Waals surface area contributed by atoms with Crippen molar-refractivity contribution in [3.63, 3.8) is 0 Å². The Morgan fingerprint density at radius 2 is 1.46 bits per heavy atom. The van der Waals surface area contributed by atoms with Gasteiger partial charge in [-0.1, -0.05) is 26.7 Å². The Bertz CT molecular complexity index is 715. The average molecular weight is 459 g/mol. The maximum atomic E-state index is 10.9. The topological polar surface area (TPSA) is 113 Å². The van der Waals surface area contributed by atoms with Crippen molar-refractivity contribution in [3.8, 4) is 0 Å². The van der Waals surface area contributed by atoms with Crippen LogP contribution in [-0.2, 0) is 25.9 Å². The average Bonchev–Trinajstić information content (AvgIpc) is 3.23. The maximum Gasteiger partial charge on any atom is 0.339 e. The predicted octanol–water partition coefficient (Wildman–Crippen LogP) is 2.90. The molecule has 2 aromatic rings. The number of halogens is 1. The first kappa shape index (κ1) is 24.3. The van der Waals surface area contributed by atoms with Gasteiger partial charge in [-0.05, 0) is 41.6 Å². The zero-order chi connectivity index (χ0) is 20.9. The second kappa shape index (κ2) is 13.5. The molecule has 3 N–H and O–H groups in total. The Morgan fingerprint density at radius 3 is 1.96 bits per heavy atom. The molecule has 2 aromatic heterocycles. The molecule has 0 radical (unpaired) electrons. The highest BCUT2D eigenvalue weighted by Gasteiger charge is 2.14. The summed E-state index contributed by atoms with van der Waals surface area (Å²) >= 11 is 3.46. The molecule has 0 amide bonds. The number of rotatable bonds is 11. The molecule has 2 heterocycles. The van der Waals surface area contributed by atoms with Crippen molar-refractivity contribution in [2.75, 3.05) is 13.2 Å². The monoisotopic (exact) mass is 458 g/mol. The van der Waals surface area contributed by atoms with E-state index < -0.39 is 5.97 Å². The third-order valence-electron chi connectivity index (χ3n) is 3.92. The molecular weight excluding hydrogens is 428 g/mol. The Kier molecular flexibility index (Phi) is 11.7. The summed E-state index contributed by atoms with van der Waals surface area (Å²) in [7, 11) is 0. The first-order valence-corrected chi connectivity index (χ1v) is 10.5. The molecule has 158 valence electrons. The van der Waals surface area contributed by atoms with Crippen LogP contribution in [0.4, 0.5) is 0 Å². The van der Waals surface area contributed by atoms with Gasteiger partial charge in [-0.2, -0.15) is 10.2 Å². The summed E-state index contributed by atoms with van der Waals surface area (Å²) in [6.45, 7) is 5.78. The molecule has 0 aliphatic heterocycles. The van der Waals surface area contributed by atoms with Gasteiger partial charge < -0.3 is 15.3 Å². The number of aliphatic hydroxyl groups is 2. The number of carboxylic acid groups (broad SMARTS) is 1. The van der Waals surface area contributed by atoms with Crippen molar-refractivity contribution in [2.24, 2.45) is 0 Å². The zero-order valence-corrected chi connectivity index (χ0v) is 18.2. The lowest BCUT2D eigenvalue weighted by atomic mass is 10.2. The van der Waals surface area contributed by atoms with Gasteiger partial charge in [0.15, 0.2) is 0 Å². The highest BCUT2D eigenvalue weighted by atomic mass is 79.9. The smallest absolute Gasteiger partial charge is 0.339 e. The molecule has 0 saturated heterocycles. The molecule has 28 heavy (non-hydrogen) atoms. The molecule has 8 nitrogen and oxygen atoms in total. The van der Waals surface area contributed by atoms with E-state index in [1.807, 2.05) is 17.8 Å². The van der Waals surface area contributed by atoms with Crippen LogP contribution in [0.3, 0.4) is 0 Å². The fourth-order valence-electron chi connectivity index (χ4n) is 2.60. The number of carboxylic acids is 1. The number of hydrogen-bond acceptors (Lipinski definition) is 5. The van der Waals surface area contributed by atoms with Crippen molar-refractivity contribution in [1.29, 1.82) is 0 Å². The fraction of sp³-hybridized carbons (Fsp3) is 0.632. The number of aromatic carboxylic acids is 1. The first-order valence-electron chi connectivity index (χ1n) is 9.69. The molecule has 0 atom stereocenters. The zero-order valence-electron chi connectivity index (χ0n) is 16.6. The van der Waals surface area contributed by atoms with Crippen molar-refractivity contribution in [3.05, 3.63) is 33.8 Å². The molecule has 0 spiro atoms. The second-order valence-corrected chi connectivity index (χ2v) is 7.25. The van der Waals surface area contributed by atoms with E-state index in [4.69, 9.17) is 15.3 Å². The summed E-state index contributed by atoms with van der Waals surface area (Å²) in [5.74, 6) is -0.936. The largest absolute Gasteiger partial charge is 0.478 e. The summed E-state index contributed by atoms with van der Waals surface area (Å²) < 4.78 is 4.54. The van der Waals surface area contributed by atoms with Gasteiger partial charge in [0, 0.05) is 38.7 Å². The van der Waals surface area contributed by atoms with Gasteiger partial charge >= 0.3 is 5.97 Å². The predicted molar refractivity (Wildman–Crippen MR) is 111 cm³/mol. The molecule has 0 fully saturated rings. The van der Waals surface area contributed by atoms with E-state index in [1.54, 1.807) is 4.68 Å². The van der Waals surface area contributed by atoms with Crippen LogP contribution < -0.4 is 0 Å². The van der Waals surface area contributed by atoms with E-state index in [2.05, 4.69) is 33.1 Å². The van der Waals surface area contributed by atoms with Crippen molar-refractivity contribution in [2.45, 2.75) is 65.5 Å². The number of aryl methyl sites for hydroxylation is 4. The minimum absolute atomic E-state index is 0.0887. The summed E-state index contributed by atoms with van der Waals surface area (Å²) in [5, 5.41) is 34.8. The third-order valence-corrected chi connectivity index (χ3v) is 4.58. The number of carbonyl (C=O) groups is 1. The highest BCUT2D eigenvalue weighted by Crippen LogP contribution is 2.16. The van der Waals surface area contributed by atoms with Gasteiger partial charge in [0.1, 0.15) is 5.56 Å². The van der Waals surface area contributed by atoms with Crippen LogP contribution in [-0.4, -0.2) is 54.1 Å². The second-order valence-electron chi connectivity index (χ2n) is 6.40. The molecule has 2 rings (SSSR count). The lowest BCUT2D eigenvalue weighted by molar-refractivity contribution is 0.0695. The van der Waals surface area contributed by atoms with Gasteiger partial charge in [0.2, 0.25) is 0 Å². The van der Waals surface area contributed by atoms with Gasteiger partial charge in [0.25, 0.3) is 0 Å². The van der Waals surface area contributed by atoms with Gasteiger partial charge in [-0.15, -0.1) is 0 Å². The Hall–Kier alpha value is -1.71. The van der Waals surface area contributed by atoms with E-state index >= 15 is 0 Å². The highest BCUT2D eigenvalue weighted by molar-refractivity contribution is 9.10. The van der Waals surface area contributed by atoms with E-state index in [9.17, 15) is 4.79 Å². The molecule has 0 bridgehead atoms. The lowest BCUT2D eigenvalue weighted by Gasteiger charge is -1.97. The van der Waals surface area contributed by atoms with Gasteiger partial charge in [-0.3, -0.25) is 9.36 Å². The minimum Gasteiger partial charge on any atom is -0.478 e. The summed E-state index contributed by atoms with van der Waals surface area (Å²) in [4.78, 5) is 10.9. The lowest BCUT2D eigenvalue weighted by Crippen LogP contribution is -2.01. The maximum absolute atomic E-state index is 10.9. The Labute approximate surface area is 174 Å². The summed E-state index contributed by atoms with van der Waals surface area (Å²) in [5.41, 5.74) is 2.01. The fourth-order valence-corrected chi connectivity index (χ4v) is 3.11. The van der Waals surface area contributed by atoms with E-state index in [-0.39, 0.29) is 18.8 Å². The van der Waals surface area contributed by atoms with Crippen LogP contribution in [0.5, 0.6) is 0 Å². The summed E-state index contributed by atoms with van der Waals surface area (Å²) in [6.07, 6.45) is 8.52. The number of nitrogens with zero attached hydrogens (tertiary/aromatic N) is 4. The Morgan fingerprint density at radius 1 is 0.964 bits per heavy atom. The normalized spacial score (nSPS) is 10.6. The van der Waals surface area contributed by atoms with E-state index in [1.165, 1.54) is 6.20 Å². The van der Waals surface area contributed by atoms with Crippen LogP contribution in [0.2, 0.25) is 0 Å². The molecule has 0 unspecified atom stereocenters. The van der Waals surface area contributed by atoms with Gasteiger partial charge in [0.05, 0.1) is 15.9 Å². The van der Waals surface area contributed by atoms with Crippen LogP contribution in [0, 0.1) is 0 Å². The van der Waals surface area contributed by atoms with Gasteiger partial charge in [-0.25, -0.2) is 4.79 Å². The van der Waals surface area contributed by atoms with Crippen LogP contribution >= 0.6 is 15.9 Å². The SMILES string of the molecule is CCCc1nn(CCCO)cc1Br.CCCc1nn(CCCO)cc1C(=O)O. The third kappa shape index (κ3) is 8.12. The standard InChI is InChI=1S/C10H16N2O3.C9H15BrN2O/c1-2-4-9-8(10(14)15)7-12(11-9)5-3-6-13;1-2-4-9-8(10)7-12(11-9)5-3-6-13/h7,13H,2-6H2,1H3,(H,14,15);7,13H,2-6H2,1H3. The van der Waals surface area contributed by atoms with Crippen LogP contribution in [0.1, 0.15) is 61.3 Å². The number of aliphatic hydroxyl groups excluding tert-OH is 2. The van der Waals surface area contributed by atoms with E-state index in [0.717, 1.165) is 42.4 Å². The number of aromatic nitrogens is 4. The molecule has 0 saturated carbocycles.